The fraction of sp³-hybridized carbons (Fsp3) is 0.111. The lowest BCUT2D eigenvalue weighted by Crippen LogP contribution is -2.15. The molecule has 3 N–H and O–H groups in total. The molecule has 0 aliphatic carbocycles. The van der Waals surface area contributed by atoms with E-state index in [-0.39, 0.29) is 11.7 Å². The van der Waals surface area contributed by atoms with E-state index in [9.17, 15) is 0 Å². The number of aryl methyl sites for hydroxylation is 1. The summed E-state index contributed by atoms with van der Waals surface area (Å²) in [5.41, 5.74) is 6.23. The number of nitrogens with zero attached hydrogens (tertiary/aromatic N) is 5. The summed E-state index contributed by atoms with van der Waals surface area (Å²) in [5, 5.41) is 15.3. The Hall–Kier alpha value is -2.44. The van der Waals surface area contributed by atoms with Crippen molar-refractivity contribution in [3.63, 3.8) is 0 Å². The molecule has 7 heteroatoms. The Morgan fingerprint density at radius 3 is 3.00 bits per heavy atom. The van der Waals surface area contributed by atoms with Gasteiger partial charge in [0, 0.05) is 5.69 Å². The lowest BCUT2D eigenvalue weighted by molar-refractivity contribution is 0.318. The van der Waals surface area contributed by atoms with Gasteiger partial charge in [-0.15, -0.1) is 5.10 Å². The van der Waals surface area contributed by atoms with Gasteiger partial charge in [-0.3, -0.25) is 0 Å². The van der Waals surface area contributed by atoms with Crippen LogP contribution in [0.4, 0.5) is 0 Å². The predicted molar refractivity (Wildman–Crippen MR) is 56.4 cm³/mol. The zero-order valence-electron chi connectivity index (χ0n) is 8.57. The van der Waals surface area contributed by atoms with Crippen LogP contribution >= 0.6 is 0 Å². The summed E-state index contributed by atoms with van der Waals surface area (Å²) in [6.07, 6.45) is 1.45. The first-order valence-electron chi connectivity index (χ1n) is 4.54. The summed E-state index contributed by atoms with van der Waals surface area (Å²) in [6.45, 7) is 1.88. The molecule has 7 nitrogen and oxygen atoms in total. The van der Waals surface area contributed by atoms with Gasteiger partial charge in [-0.05, 0) is 19.1 Å². The second-order valence-corrected chi connectivity index (χ2v) is 3.14. The second-order valence-electron chi connectivity index (χ2n) is 3.14. The number of oxime groups is 1. The largest absolute Gasteiger partial charge is 0.409 e. The minimum absolute atomic E-state index is 0.133. The number of pyridine rings is 1. The lowest BCUT2D eigenvalue weighted by Gasteiger charge is -1.99. The van der Waals surface area contributed by atoms with E-state index in [1.165, 1.54) is 11.0 Å². The summed E-state index contributed by atoms with van der Waals surface area (Å²) in [5.74, 6) is 0.654. The summed E-state index contributed by atoms with van der Waals surface area (Å²) < 4.78 is 1.46. The molecule has 0 saturated carbocycles. The molecule has 0 atom stereocenters. The lowest BCUT2D eigenvalue weighted by atomic mass is 10.4. The highest BCUT2D eigenvalue weighted by Crippen LogP contribution is 2.03. The Labute approximate surface area is 91.2 Å². The summed E-state index contributed by atoms with van der Waals surface area (Å²) in [4.78, 5) is 8.15. The molecular formula is C9H10N6O. The zero-order chi connectivity index (χ0) is 11.5. The van der Waals surface area contributed by atoms with Crippen LogP contribution in [0, 0.1) is 6.92 Å². The Balaban J connectivity index is 2.39. The maximum Gasteiger partial charge on any atom is 0.220 e. The smallest absolute Gasteiger partial charge is 0.220 e. The molecule has 0 radical (unpaired) electrons. The van der Waals surface area contributed by atoms with Crippen LogP contribution in [0.15, 0.2) is 29.7 Å². The van der Waals surface area contributed by atoms with E-state index in [1.807, 2.05) is 19.1 Å². The normalized spacial score (nSPS) is 11.7. The van der Waals surface area contributed by atoms with Crippen molar-refractivity contribution in [2.75, 3.05) is 0 Å². The van der Waals surface area contributed by atoms with Crippen molar-refractivity contribution >= 4 is 5.84 Å². The fourth-order valence-corrected chi connectivity index (χ4v) is 1.19. The topological polar surface area (TPSA) is 102 Å². The highest BCUT2D eigenvalue weighted by molar-refractivity contribution is 5.93. The van der Waals surface area contributed by atoms with E-state index in [1.54, 1.807) is 6.07 Å². The van der Waals surface area contributed by atoms with Gasteiger partial charge >= 0.3 is 0 Å². The average molecular weight is 218 g/mol. The number of hydrogen-bond donors (Lipinski definition) is 2. The molecule has 2 heterocycles. The molecule has 0 aliphatic heterocycles. The van der Waals surface area contributed by atoms with Gasteiger partial charge in [0.1, 0.15) is 6.33 Å². The minimum Gasteiger partial charge on any atom is -0.409 e. The van der Waals surface area contributed by atoms with Crippen molar-refractivity contribution in [2.45, 2.75) is 6.92 Å². The van der Waals surface area contributed by atoms with Gasteiger partial charge < -0.3 is 10.9 Å². The zero-order valence-corrected chi connectivity index (χ0v) is 8.57. The van der Waals surface area contributed by atoms with Gasteiger partial charge in [0.05, 0.1) is 0 Å². The number of hydrogen-bond acceptors (Lipinski definition) is 5. The van der Waals surface area contributed by atoms with E-state index in [0.717, 1.165) is 5.69 Å². The van der Waals surface area contributed by atoms with Gasteiger partial charge in [0.25, 0.3) is 0 Å². The third-order valence-corrected chi connectivity index (χ3v) is 1.94. The van der Waals surface area contributed by atoms with E-state index >= 15 is 0 Å². The molecule has 0 spiro atoms. The van der Waals surface area contributed by atoms with Crippen LogP contribution in [0.1, 0.15) is 11.5 Å². The number of amidine groups is 1. The van der Waals surface area contributed by atoms with E-state index in [2.05, 4.69) is 20.2 Å². The number of rotatable bonds is 2. The average Bonchev–Trinajstić information content (AvgIpc) is 2.77. The first-order chi connectivity index (χ1) is 7.70. The third kappa shape index (κ3) is 1.83. The molecule has 16 heavy (non-hydrogen) atoms. The van der Waals surface area contributed by atoms with Crippen LogP contribution < -0.4 is 5.73 Å². The second kappa shape index (κ2) is 3.97. The molecule has 0 unspecified atom stereocenters. The Morgan fingerprint density at radius 2 is 2.31 bits per heavy atom. The van der Waals surface area contributed by atoms with E-state index in [0.29, 0.717) is 5.82 Å². The molecule has 2 aromatic heterocycles. The van der Waals surface area contributed by atoms with Gasteiger partial charge in [0.15, 0.2) is 5.82 Å². The molecular weight excluding hydrogens is 208 g/mol. The standard InChI is InChI=1S/C9H10N6O/c1-6-3-2-4-7(12-6)15-5-11-9(13-15)8(10)14-16/h2-5,16H,1H3,(H2,10,14). The van der Waals surface area contributed by atoms with Gasteiger partial charge in [-0.25, -0.2) is 14.6 Å². The highest BCUT2D eigenvalue weighted by Gasteiger charge is 2.07. The molecule has 82 valence electrons. The maximum atomic E-state index is 8.47. The van der Waals surface area contributed by atoms with Crippen molar-refractivity contribution in [1.29, 1.82) is 0 Å². The molecule has 0 fully saturated rings. The highest BCUT2D eigenvalue weighted by atomic mass is 16.4. The number of aromatic nitrogens is 4. The first-order valence-corrected chi connectivity index (χ1v) is 4.54. The van der Waals surface area contributed by atoms with Crippen molar-refractivity contribution in [3.05, 3.63) is 36.0 Å². The number of nitrogens with two attached hydrogens (primary N) is 1. The molecule has 0 aliphatic rings. The minimum atomic E-state index is -0.133. The van der Waals surface area contributed by atoms with Crippen LogP contribution in [-0.4, -0.2) is 30.8 Å². The van der Waals surface area contributed by atoms with Crippen molar-refractivity contribution < 1.29 is 5.21 Å². The summed E-state index contributed by atoms with van der Waals surface area (Å²) in [7, 11) is 0. The molecule has 2 rings (SSSR count). The summed E-state index contributed by atoms with van der Waals surface area (Å²) in [6, 6.07) is 5.53. The monoisotopic (exact) mass is 218 g/mol. The summed E-state index contributed by atoms with van der Waals surface area (Å²) >= 11 is 0. The van der Waals surface area contributed by atoms with Crippen LogP contribution in [0.2, 0.25) is 0 Å². The first kappa shape index (κ1) is 10.1. The van der Waals surface area contributed by atoms with Crippen molar-refractivity contribution in [2.24, 2.45) is 10.9 Å². The van der Waals surface area contributed by atoms with Crippen LogP contribution in [0.5, 0.6) is 0 Å². The third-order valence-electron chi connectivity index (χ3n) is 1.94. The van der Waals surface area contributed by atoms with E-state index in [4.69, 9.17) is 10.9 Å². The molecule has 0 saturated heterocycles. The Kier molecular flexibility index (Phi) is 2.50. The van der Waals surface area contributed by atoms with Gasteiger partial charge in [0.2, 0.25) is 11.7 Å². The molecule has 0 amide bonds. The molecule has 0 aromatic carbocycles. The fourth-order valence-electron chi connectivity index (χ4n) is 1.19. The van der Waals surface area contributed by atoms with Crippen LogP contribution in [0.3, 0.4) is 0 Å². The van der Waals surface area contributed by atoms with Gasteiger partial charge in [-0.2, -0.15) is 0 Å². The molecule has 0 bridgehead atoms. The van der Waals surface area contributed by atoms with Crippen LogP contribution in [-0.2, 0) is 0 Å². The maximum absolute atomic E-state index is 8.47. The Morgan fingerprint density at radius 1 is 1.50 bits per heavy atom. The SMILES string of the molecule is Cc1cccc(-n2cnc(C(N)=NO)n2)n1. The van der Waals surface area contributed by atoms with E-state index < -0.39 is 0 Å². The van der Waals surface area contributed by atoms with Crippen LogP contribution in [0.25, 0.3) is 5.82 Å². The predicted octanol–water partition coefficient (Wildman–Crippen LogP) is 0.0652. The van der Waals surface area contributed by atoms with Crippen molar-refractivity contribution in [1.82, 2.24) is 19.7 Å². The quantitative estimate of drug-likeness (QED) is 0.321. The molecule has 2 aromatic rings. The van der Waals surface area contributed by atoms with Crippen molar-refractivity contribution in [3.8, 4) is 5.82 Å². The Bertz CT molecular complexity index is 532. The van der Waals surface area contributed by atoms with Gasteiger partial charge in [-0.1, -0.05) is 11.2 Å².